The quantitative estimate of drug-likeness (QED) is 0.706. The van der Waals surface area contributed by atoms with Crippen LogP contribution in [0.3, 0.4) is 0 Å². The number of hydrogen-bond acceptors (Lipinski definition) is 3. The van der Waals surface area contributed by atoms with Crippen molar-refractivity contribution in [2.45, 2.75) is 44.5 Å². The molecule has 1 fully saturated rings. The van der Waals surface area contributed by atoms with Gasteiger partial charge in [-0.05, 0) is 45.7 Å². The van der Waals surface area contributed by atoms with Gasteiger partial charge in [0.1, 0.15) is 0 Å². The Bertz CT molecular complexity index is 349. The van der Waals surface area contributed by atoms with Gasteiger partial charge >= 0.3 is 0 Å². The van der Waals surface area contributed by atoms with Crippen molar-refractivity contribution in [2.24, 2.45) is 5.92 Å². The van der Waals surface area contributed by atoms with Gasteiger partial charge in [-0.1, -0.05) is 0 Å². The summed E-state index contributed by atoms with van der Waals surface area (Å²) < 4.78 is 0. The first-order chi connectivity index (χ1) is 8.20. The fourth-order valence-electron chi connectivity index (χ4n) is 2.15. The number of halogens is 1. The van der Waals surface area contributed by atoms with Gasteiger partial charge in [0, 0.05) is 17.8 Å². The summed E-state index contributed by atoms with van der Waals surface area (Å²) in [5.74, 6) is 1.50. The molecular formula is C13H21ClN2S. The lowest BCUT2D eigenvalue weighted by atomic mass is 10.2. The van der Waals surface area contributed by atoms with Crippen molar-refractivity contribution in [1.82, 2.24) is 9.88 Å². The Morgan fingerprint density at radius 1 is 1.59 bits per heavy atom. The third kappa shape index (κ3) is 3.94. The van der Waals surface area contributed by atoms with E-state index in [4.69, 9.17) is 11.6 Å². The average Bonchev–Trinajstić information content (AvgIpc) is 3.08. The van der Waals surface area contributed by atoms with E-state index in [1.807, 2.05) is 0 Å². The fourth-order valence-corrected chi connectivity index (χ4v) is 3.22. The van der Waals surface area contributed by atoms with Crippen LogP contribution < -0.4 is 0 Å². The van der Waals surface area contributed by atoms with Crippen molar-refractivity contribution >= 4 is 22.9 Å². The van der Waals surface area contributed by atoms with Gasteiger partial charge in [-0.15, -0.1) is 22.9 Å². The highest BCUT2D eigenvalue weighted by atomic mass is 35.5. The molecule has 0 bridgehead atoms. The van der Waals surface area contributed by atoms with E-state index in [1.54, 1.807) is 11.3 Å². The van der Waals surface area contributed by atoms with Crippen LogP contribution in [0.5, 0.6) is 0 Å². The highest BCUT2D eigenvalue weighted by Crippen LogP contribution is 2.34. The Labute approximate surface area is 113 Å². The molecule has 17 heavy (non-hydrogen) atoms. The van der Waals surface area contributed by atoms with Crippen LogP contribution >= 0.6 is 22.9 Å². The number of aryl methyl sites for hydroxylation is 1. The van der Waals surface area contributed by atoms with E-state index < -0.39 is 0 Å². The summed E-state index contributed by atoms with van der Waals surface area (Å²) in [6, 6.07) is 0.754. The minimum Gasteiger partial charge on any atom is -0.303 e. The number of thiazole rings is 1. The molecule has 1 unspecified atom stereocenters. The maximum absolute atomic E-state index is 5.74. The lowest BCUT2D eigenvalue weighted by Crippen LogP contribution is -2.31. The third-order valence-electron chi connectivity index (χ3n) is 3.64. The summed E-state index contributed by atoms with van der Waals surface area (Å²) >= 11 is 7.48. The van der Waals surface area contributed by atoms with Crippen molar-refractivity contribution in [1.29, 1.82) is 0 Å². The van der Waals surface area contributed by atoms with Crippen LogP contribution in [0.1, 0.15) is 36.9 Å². The molecule has 0 aromatic carbocycles. The largest absolute Gasteiger partial charge is 0.303 e. The van der Waals surface area contributed by atoms with E-state index in [0.717, 1.165) is 24.1 Å². The van der Waals surface area contributed by atoms with E-state index in [0.29, 0.717) is 5.88 Å². The summed E-state index contributed by atoms with van der Waals surface area (Å²) in [6.07, 6.45) is 5.14. The van der Waals surface area contributed by atoms with Gasteiger partial charge in [0.25, 0.3) is 0 Å². The van der Waals surface area contributed by atoms with Crippen LogP contribution in [-0.2, 0) is 12.3 Å². The average molecular weight is 273 g/mol. The van der Waals surface area contributed by atoms with Crippen molar-refractivity contribution in [3.8, 4) is 0 Å². The molecule has 96 valence electrons. The molecule has 1 aliphatic carbocycles. The normalized spacial score (nSPS) is 17.6. The minimum absolute atomic E-state index is 0.537. The summed E-state index contributed by atoms with van der Waals surface area (Å²) in [6.45, 7) is 3.53. The number of alkyl halides is 1. The molecule has 1 saturated carbocycles. The molecule has 1 atom stereocenters. The second kappa shape index (κ2) is 6.17. The maximum Gasteiger partial charge on any atom is 0.0929 e. The molecule has 0 amide bonds. The van der Waals surface area contributed by atoms with E-state index in [2.05, 4.69) is 29.2 Å². The minimum atomic E-state index is 0.537. The number of aromatic nitrogens is 1. The van der Waals surface area contributed by atoms with Gasteiger partial charge in [-0.3, -0.25) is 0 Å². The zero-order valence-electron chi connectivity index (χ0n) is 10.7. The zero-order chi connectivity index (χ0) is 12.3. The molecule has 1 heterocycles. The molecule has 2 rings (SSSR count). The Balaban J connectivity index is 1.67. The summed E-state index contributed by atoms with van der Waals surface area (Å²) in [4.78, 5) is 6.98. The zero-order valence-corrected chi connectivity index (χ0v) is 12.2. The fraction of sp³-hybridized carbons (Fsp3) is 0.769. The smallest absolute Gasteiger partial charge is 0.0929 e. The summed E-state index contributed by atoms with van der Waals surface area (Å²) in [5.41, 5.74) is 1.02. The molecule has 1 aromatic heterocycles. The standard InChI is InChI=1S/C13H21ClN2S/c1-10(11-5-6-11)16(2)7-3-4-13-15-12(8-14)9-17-13/h9-11H,3-8H2,1-2H3. The second-order valence-electron chi connectivity index (χ2n) is 5.03. The Morgan fingerprint density at radius 3 is 2.94 bits per heavy atom. The van der Waals surface area contributed by atoms with Crippen LogP contribution in [0.15, 0.2) is 5.38 Å². The van der Waals surface area contributed by atoms with Gasteiger partial charge < -0.3 is 4.90 Å². The maximum atomic E-state index is 5.74. The molecule has 0 spiro atoms. The summed E-state index contributed by atoms with van der Waals surface area (Å²) in [5, 5.41) is 3.30. The first-order valence-corrected chi connectivity index (χ1v) is 7.81. The van der Waals surface area contributed by atoms with Crippen LogP contribution in [0.25, 0.3) is 0 Å². The highest BCUT2D eigenvalue weighted by molar-refractivity contribution is 7.09. The first-order valence-electron chi connectivity index (χ1n) is 6.40. The van der Waals surface area contributed by atoms with E-state index in [-0.39, 0.29) is 0 Å². The third-order valence-corrected chi connectivity index (χ3v) is 4.87. The van der Waals surface area contributed by atoms with Gasteiger partial charge in [0.2, 0.25) is 0 Å². The van der Waals surface area contributed by atoms with E-state index in [9.17, 15) is 0 Å². The summed E-state index contributed by atoms with van der Waals surface area (Å²) in [7, 11) is 2.25. The second-order valence-corrected chi connectivity index (χ2v) is 6.24. The molecule has 1 aromatic rings. The predicted molar refractivity (Wildman–Crippen MR) is 74.8 cm³/mol. The van der Waals surface area contributed by atoms with Gasteiger partial charge in [-0.2, -0.15) is 0 Å². The van der Waals surface area contributed by atoms with Crippen molar-refractivity contribution in [3.05, 3.63) is 16.1 Å². The highest BCUT2D eigenvalue weighted by Gasteiger charge is 2.29. The van der Waals surface area contributed by atoms with Gasteiger partial charge in [0.15, 0.2) is 0 Å². The van der Waals surface area contributed by atoms with Crippen LogP contribution in [0.2, 0.25) is 0 Å². The number of hydrogen-bond donors (Lipinski definition) is 0. The van der Waals surface area contributed by atoms with Gasteiger partial charge in [-0.25, -0.2) is 4.98 Å². The molecular weight excluding hydrogens is 252 g/mol. The molecule has 0 saturated heterocycles. The molecule has 1 aliphatic rings. The monoisotopic (exact) mass is 272 g/mol. The predicted octanol–water partition coefficient (Wildman–Crippen LogP) is 3.54. The van der Waals surface area contributed by atoms with Crippen LogP contribution in [-0.4, -0.2) is 29.5 Å². The molecule has 0 radical (unpaired) electrons. The molecule has 0 aliphatic heterocycles. The van der Waals surface area contributed by atoms with E-state index >= 15 is 0 Å². The van der Waals surface area contributed by atoms with Crippen LogP contribution in [0.4, 0.5) is 0 Å². The molecule has 2 nitrogen and oxygen atoms in total. The van der Waals surface area contributed by atoms with Crippen molar-refractivity contribution < 1.29 is 0 Å². The van der Waals surface area contributed by atoms with E-state index in [1.165, 1.54) is 30.8 Å². The Hall–Kier alpha value is -0.120. The molecule has 4 heteroatoms. The van der Waals surface area contributed by atoms with Gasteiger partial charge in [0.05, 0.1) is 16.6 Å². The van der Waals surface area contributed by atoms with Crippen molar-refractivity contribution in [3.63, 3.8) is 0 Å². The lowest BCUT2D eigenvalue weighted by Gasteiger charge is -2.24. The number of nitrogens with zero attached hydrogens (tertiary/aromatic N) is 2. The topological polar surface area (TPSA) is 16.1 Å². The number of rotatable bonds is 7. The van der Waals surface area contributed by atoms with Crippen molar-refractivity contribution in [2.75, 3.05) is 13.6 Å². The Morgan fingerprint density at radius 2 is 2.35 bits per heavy atom. The Kier molecular flexibility index (Phi) is 4.83. The van der Waals surface area contributed by atoms with Crippen LogP contribution in [0, 0.1) is 5.92 Å². The molecule has 0 N–H and O–H groups in total. The first kappa shape index (κ1) is 13.3. The SMILES string of the molecule is CC(C1CC1)N(C)CCCc1nc(CCl)cs1. The lowest BCUT2D eigenvalue weighted by molar-refractivity contribution is 0.232.